The van der Waals surface area contributed by atoms with E-state index in [1.54, 1.807) is 0 Å². The van der Waals surface area contributed by atoms with Gasteiger partial charge in [-0.2, -0.15) is 0 Å². The number of ether oxygens (including phenoxy) is 1. The minimum atomic E-state index is -0.652. The zero-order valence-electron chi connectivity index (χ0n) is 9.13. The van der Waals surface area contributed by atoms with Crippen LogP contribution < -0.4 is 5.32 Å². The highest BCUT2D eigenvalue weighted by molar-refractivity contribution is 14.1. The average Bonchev–Trinajstić information content (AvgIpc) is 2.66. The van der Waals surface area contributed by atoms with E-state index >= 15 is 0 Å². The molecule has 1 atom stereocenters. The van der Waals surface area contributed by atoms with Crippen LogP contribution in [-0.2, 0) is 9.53 Å². The molecule has 1 aromatic rings. The van der Waals surface area contributed by atoms with Gasteiger partial charge in [0.05, 0.1) is 0 Å². The second-order valence-electron chi connectivity index (χ2n) is 4.15. The highest BCUT2D eigenvalue weighted by Crippen LogP contribution is 2.26. The zero-order chi connectivity index (χ0) is 11.6. The third-order valence-electron chi connectivity index (χ3n) is 2.78. The van der Waals surface area contributed by atoms with Crippen LogP contribution in [0.2, 0.25) is 0 Å². The number of hydrogen-bond donors (Lipinski definition) is 1. The van der Waals surface area contributed by atoms with Crippen molar-refractivity contribution in [2.24, 2.45) is 0 Å². The Morgan fingerprint density at radius 3 is 3.00 bits per heavy atom. The molecule has 2 rings (SSSR count). The lowest BCUT2D eigenvalue weighted by molar-refractivity contribution is -0.133. The molecule has 0 bridgehead atoms. The maximum atomic E-state index is 12.0. The molecule has 1 fully saturated rings. The van der Waals surface area contributed by atoms with Gasteiger partial charge < -0.3 is 10.1 Å². The molecule has 1 N–H and O–H groups in total. The van der Waals surface area contributed by atoms with Gasteiger partial charge in [0.25, 0.3) is 5.91 Å². The normalized spacial score (nSPS) is 24.4. The summed E-state index contributed by atoms with van der Waals surface area (Å²) in [6.07, 6.45) is 1.75. The average molecular weight is 331 g/mol. The van der Waals surface area contributed by atoms with Crippen LogP contribution >= 0.6 is 22.6 Å². The Balaban J connectivity index is 2.07. The number of nitrogens with one attached hydrogen (secondary N) is 1. The molecule has 1 unspecified atom stereocenters. The first-order valence-electron chi connectivity index (χ1n) is 5.31. The van der Waals surface area contributed by atoms with Gasteiger partial charge in [-0.1, -0.05) is 6.07 Å². The van der Waals surface area contributed by atoms with Crippen LogP contribution in [-0.4, -0.2) is 18.1 Å². The first kappa shape index (κ1) is 11.9. The Hall–Kier alpha value is -0.620. The molecule has 0 radical (unpaired) electrons. The van der Waals surface area contributed by atoms with Crippen molar-refractivity contribution in [3.8, 4) is 0 Å². The maximum absolute atomic E-state index is 12.0. The van der Waals surface area contributed by atoms with Gasteiger partial charge >= 0.3 is 0 Å². The summed E-state index contributed by atoms with van der Waals surface area (Å²) in [5.74, 6) is -0.0491. The summed E-state index contributed by atoms with van der Waals surface area (Å²) in [5.41, 5.74) is 0.176. The number of anilines is 1. The van der Waals surface area contributed by atoms with Gasteiger partial charge in [-0.3, -0.25) is 4.79 Å². The molecular formula is C12H14INO2. The number of carbonyl (C=O) groups excluding carboxylic acids is 1. The van der Waals surface area contributed by atoms with Crippen molar-refractivity contribution < 1.29 is 9.53 Å². The van der Waals surface area contributed by atoms with Gasteiger partial charge in [-0.25, -0.2) is 0 Å². The molecule has 1 aliphatic heterocycles. The fraction of sp³-hybridized carbons (Fsp3) is 0.417. The first-order chi connectivity index (χ1) is 7.60. The third-order valence-corrected chi connectivity index (χ3v) is 3.45. The Labute approximate surface area is 109 Å². The summed E-state index contributed by atoms with van der Waals surface area (Å²) in [5, 5.41) is 2.90. The van der Waals surface area contributed by atoms with E-state index in [2.05, 4.69) is 27.9 Å². The van der Waals surface area contributed by atoms with Crippen molar-refractivity contribution in [3.05, 3.63) is 27.8 Å². The number of halogens is 1. The van der Waals surface area contributed by atoms with E-state index in [-0.39, 0.29) is 5.91 Å². The Kier molecular flexibility index (Phi) is 3.49. The highest BCUT2D eigenvalue weighted by atomic mass is 127. The molecule has 0 aliphatic carbocycles. The van der Waals surface area contributed by atoms with Gasteiger partial charge in [-0.15, -0.1) is 0 Å². The summed E-state index contributed by atoms with van der Waals surface area (Å²) >= 11 is 2.22. The summed E-state index contributed by atoms with van der Waals surface area (Å²) < 4.78 is 6.60. The Bertz CT molecular complexity index is 400. The predicted octanol–water partition coefficient (Wildman–Crippen LogP) is 2.80. The summed E-state index contributed by atoms with van der Waals surface area (Å²) in [7, 11) is 0. The van der Waals surface area contributed by atoms with Gasteiger partial charge in [0, 0.05) is 15.9 Å². The number of hydrogen-bond acceptors (Lipinski definition) is 2. The molecule has 0 saturated carbocycles. The summed E-state index contributed by atoms with van der Waals surface area (Å²) in [6, 6.07) is 7.74. The van der Waals surface area contributed by atoms with Crippen molar-refractivity contribution >= 4 is 34.2 Å². The molecule has 1 amide bonds. The van der Waals surface area contributed by atoms with E-state index in [1.165, 1.54) is 0 Å². The molecular weight excluding hydrogens is 317 g/mol. The number of carbonyl (C=O) groups is 1. The topological polar surface area (TPSA) is 38.3 Å². The van der Waals surface area contributed by atoms with Gasteiger partial charge in [0.2, 0.25) is 0 Å². The molecule has 0 spiro atoms. The van der Waals surface area contributed by atoms with Gasteiger partial charge in [0.15, 0.2) is 0 Å². The summed E-state index contributed by atoms with van der Waals surface area (Å²) in [6.45, 7) is 2.53. The van der Waals surface area contributed by atoms with Crippen LogP contribution in [0.4, 0.5) is 5.69 Å². The van der Waals surface area contributed by atoms with E-state index in [9.17, 15) is 4.79 Å². The SMILES string of the molecule is CC1(C(=O)Nc2cccc(I)c2)CCCO1. The molecule has 0 aromatic heterocycles. The molecule has 1 saturated heterocycles. The molecule has 3 nitrogen and oxygen atoms in total. The quantitative estimate of drug-likeness (QED) is 0.847. The van der Waals surface area contributed by atoms with Crippen molar-refractivity contribution in [1.29, 1.82) is 0 Å². The number of rotatable bonds is 2. The lowest BCUT2D eigenvalue weighted by Crippen LogP contribution is -2.39. The van der Waals surface area contributed by atoms with Crippen LogP contribution in [0.5, 0.6) is 0 Å². The van der Waals surface area contributed by atoms with E-state index in [1.807, 2.05) is 31.2 Å². The van der Waals surface area contributed by atoms with Crippen LogP contribution in [0.15, 0.2) is 24.3 Å². The van der Waals surface area contributed by atoms with Crippen LogP contribution in [0, 0.1) is 3.57 Å². The lowest BCUT2D eigenvalue weighted by atomic mass is 10.0. The largest absolute Gasteiger partial charge is 0.365 e. The maximum Gasteiger partial charge on any atom is 0.256 e. The van der Waals surface area contributed by atoms with Gasteiger partial charge in [-0.05, 0) is 60.6 Å². The molecule has 1 heterocycles. The first-order valence-corrected chi connectivity index (χ1v) is 6.39. The van der Waals surface area contributed by atoms with Gasteiger partial charge in [0.1, 0.15) is 5.60 Å². The minimum Gasteiger partial charge on any atom is -0.365 e. The van der Waals surface area contributed by atoms with Crippen molar-refractivity contribution in [3.63, 3.8) is 0 Å². The van der Waals surface area contributed by atoms with Crippen molar-refractivity contribution in [1.82, 2.24) is 0 Å². The minimum absolute atomic E-state index is 0.0491. The highest BCUT2D eigenvalue weighted by Gasteiger charge is 2.37. The zero-order valence-corrected chi connectivity index (χ0v) is 11.3. The number of amides is 1. The van der Waals surface area contributed by atoms with E-state index in [4.69, 9.17) is 4.74 Å². The number of benzene rings is 1. The van der Waals surface area contributed by atoms with Crippen molar-refractivity contribution in [2.75, 3.05) is 11.9 Å². The standard InChI is InChI=1S/C12H14INO2/c1-12(6-3-7-16-12)11(15)14-10-5-2-4-9(13)8-10/h2,4-5,8H,3,6-7H2,1H3,(H,14,15). The molecule has 1 aromatic carbocycles. The third kappa shape index (κ3) is 2.55. The predicted molar refractivity (Wildman–Crippen MR) is 71.4 cm³/mol. The molecule has 86 valence electrons. The van der Waals surface area contributed by atoms with Crippen LogP contribution in [0.3, 0.4) is 0 Å². The Morgan fingerprint density at radius 1 is 1.56 bits per heavy atom. The monoisotopic (exact) mass is 331 g/mol. The molecule has 16 heavy (non-hydrogen) atoms. The van der Waals surface area contributed by atoms with Crippen molar-refractivity contribution in [2.45, 2.75) is 25.4 Å². The fourth-order valence-corrected chi connectivity index (χ4v) is 2.33. The van der Waals surface area contributed by atoms with Crippen LogP contribution in [0.1, 0.15) is 19.8 Å². The van der Waals surface area contributed by atoms with Crippen LogP contribution in [0.25, 0.3) is 0 Å². The summed E-state index contributed by atoms with van der Waals surface area (Å²) in [4.78, 5) is 12.0. The van der Waals surface area contributed by atoms with E-state index in [0.717, 1.165) is 22.1 Å². The molecule has 1 aliphatic rings. The second-order valence-corrected chi connectivity index (χ2v) is 5.39. The smallest absolute Gasteiger partial charge is 0.256 e. The van der Waals surface area contributed by atoms with E-state index in [0.29, 0.717) is 6.61 Å². The Morgan fingerprint density at radius 2 is 2.38 bits per heavy atom. The fourth-order valence-electron chi connectivity index (χ4n) is 1.79. The lowest BCUT2D eigenvalue weighted by Gasteiger charge is -2.21. The second kappa shape index (κ2) is 4.71. The van der Waals surface area contributed by atoms with E-state index < -0.39 is 5.60 Å². The molecule has 4 heteroatoms.